The van der Waals surface area contributed by atoms with Crippen molar-refractivity contribution < 1.29 is 43.2 Å². The number of nitrogens with zero attached hydrogens (tertiary/aromatic N) is 3. The first kappa shape index (κ1) is 38.3. The Morgan fingerprint density at radius 2 is 1.75 bits per heavy atom. The van der Waals surface area contributed by atoms with Gasteiger partial charge in [0.25, 0.3) is 5.91 Å². The lowest BCUT2D eigenvalue weighted by Crippen LogP contribution is -2.57. The van der Waals surface area contributed by atoms with Crippen LogP contribution in [0.2, 0.25) is 0 Å². The van der Waals surface area contributed by atoms with Gasteiger partial charge in [0.1, 0.15) is 24.0 Å². The van der Waals surface area contributed by atoms with Gasteiger partial charge in [-0.3, -0.25) is 9.59 Å². The van der Waals surface area contributed by atoms with E-state index in [9.17, 15) is 14.7 Å². The van der Waals surface area contributed by atoms with Crippen LogP contribution in [0.25, 0.3) is 10.8 Å². The highest BCUT2D eigenvalue weighted by Gasteiger charge is 2.48. The third-order valence-electron chi connectivity index (χ3n) is 11.5. The average Bonchev–Trinajstić information content (AvgIpc) is 3.53. The Hall–Kier alpha value is -5.59. The van der Waals surface area contributed by atoms with Crippen molar-refractivity contribution in [3.05, 3.63) is 102 Å². The number of rotatable bonds is 10. The van der Waals surface area contributed by atoms with Crippen LogP contribution in [0.1, 0.15) is 85.4 Å². The van der Waals surface area contributed by atoms with Crippen LogP contribution < -0.4 is 19.3 Å². The van der Waals surface area contributed by atoms with Crippen LogP contribution in [0.3, 0.4) is 0 Å². The molecule has 3 amide bonds. The zero-order chi connectivity index (χ0) is 39.6. The minimum Gasteiger partial charge on any atom is -0.507 e. The average molecular weight is 776 g/mol. The monoisotopic (exact) mass is 775 g/mol. The van der Waals surface area contributed by atoms with Crippen molar-refractivity contribution in [1.29, 1.82) is 0 Å². The van der Waals surface area contributed by atoms with E-state index in [0.717, 1.165) is 42.0 Å². The minimum atomic E-state index is -0.923. The Balaban J connectivity index is 1.22. The topological polar surface area (TPSA) is 127 Å². The zero-order valence-corrected chi connectivity index (χ0v) is 32.4. The fourth-order valence-corrected chi connectivity index (χ4v) is 8.84. The maximum Gasteiger partial charge on any atom is 0.416 e. The van der Waals surface area contributed by atoms with E-state index in [4.69, 9.17) is 23.7 Å². The molecule has 4 aliphatic heterocycles. The molecule has 0 radical (unpaired) electrons. The van der Waals surface area contributed by atoms with E-state index < -0.39 is 30.8 Å². The van der Waals surface area contributed by atoms with Crippen molar-refractivity contribution in [1.82, 2.24) is 4.90 Å². The van der Waals surface area contributed by atoms with Gasteiger partial charge in [-0.05, 0) is 67.2 Å². The van der Waals surface area contributed by atoms with Gasteiger partial charge in [-0.15, -0.1) is 0 Å². The lowest BCUT2D eigenvalue weighted by molar-refractivity contribution is -0.198. The van der Waals surface area contributed by atoms with Crippen molar-refractivity contribution >= 4 is 40.1 Å². The molecule has 0 bridgehead atoms. The number of methoxy groups -OCH3 is 1. The first-order valence-corrected chi connectivity index (χ1v) is 19.9. The molecule has 57 heavy (non-hydrogen) atoms. The number of amides is 3. The van der Waals surface area contributed by atoms with E-state index in [2.05, 4.69) is 13.5 Å². The molecule has 2 saturated heterocycles. The summed E-state index contributed by atoms with van der Waals surface area (Å²) >= 11 is 0. The minimum absolute atomic E-state index is 0.0200. The number of hydrogen-bond acceptors (Lipinski definition) is 9. The Morgan fingerprint density at radius 1 is 0.982 bits per heavy atom. The third-order valence-corrected chi connectivity index (χ3v) is 11.5. The quantitative estimate of drug-likeness (QED) is 0.159. The summed E-state index contributed by atoms with van der Waals surface area (Å²) in [5.41, 5.74) is 2.72. The van der Waals surface area contributed by atoms with Gasteiger partial charge in [-0.25, -0.2) is 9.69 Å². The molecule has 8 rings (SSSR count). The summed E-state index contributed by atoms with van der Waals surface area (Å²) in [6.45, 7) is 7.16. The highest BCUT2D eigenvalue weighted by molar-refractivity contribution is 6.08. The van der Waals surface area contributed by atoms with Crippen molar-refractivity contribution in [2.45, 2.75) is 82.5 Å². The lowest BCUT2D eigenvalue weighted by atomic mass is 9.95. The molecule has 298 valence electrons. The van der Waals surface area contributed by atoms with Gasteiger partial charge < -0.3 is 38.6 Å². The molecule has 0 spiro atoms. The van der Waals surface area contributed by atoms with Crippen molar-refractivity contribution in [2.24, 2.45) is 0 Å². The molecule has 12 nitrogen and oxygen atoms in total. The number of piperidine rings is 1. The van der Waals surface area contributed by atoms with Gasteiger partial charge in [-0.1, -0.05) is 74.2 Å². The summed E-state index contributed by atoms with van der Waals surface area (Å²) in [6.07, 6.45) is 2.98. The Kier molecular flexibility index (Phi) is 11.1. The molecular weight excluding hydrogens is 727 g/mol. The van der Waals surface area contributed by atoms with E-state index >= 15 is 4.79 Å². The highest BCUT2D eigenvalue weighted by Crippen LogP contribution is 2.48. The van der Waals surface area contributed by atoms with E-state index in [1.54, 1.807) is 28.0 Å². The number of carbonyl (C=O) groups excluding carboxylic acids is 3. The number of carbonyl (C=O) groups is 3. The summed E-state index contributed by atoms with van der Waals surface area (Å²) < 4.78 is 31.2. The van der Waals surface area contributed by atoms with Crippen LogP contribution in [0.4, 0.5) is 16.2 Å². The van der Waals surface area contributed by atoms with Gasteiger partial charge >= 0.3 is 6.09 Å². The number of benzene rings is 4. The Labute approximate surface area is 332 Å². The van der Waals surface area contributed by atoms with Crippen LogP contribution in [-0.2, 0) is 19.0 Å². The number of aromatic hydroxyl groups is 1. The van der Waals surface area contributed by atoms with Crippen LogP contribution in [0.5, 0.6) is 17.2 Å². The smallest absolute Gasteiger partial charge is 0.416 e. The molecular formula is C45H49N3O9. The van der Waals surface area contributed by atoms with E-state index in [1.807, 2.05) is 54.6 Å². The number of ether oxygens (including phenoxy) is 5. The maximum absolute atomic E-state index is 15.1. The SMILES string of the molecule is C=CCOC(=O)N1c2ccc(OC)c(O[C@H](CC(=O)N3C[C@@H](C)c4c3cc(O)c3ccccc43)c3ccccc3)c2C(=O)N2CCCC[C@H]2[C@H]1OC1CCCCO1. The molecule has 12 heteroatoms. The van der Waals surface area contributed by atoms with Gasteiger partial charge in [-0.2, -0.15) is 0 Å². The Morgan fingerprint density at radius 3 is 2.51 bits per heavy atom. The predicted octanol–water partition coefficient (Wildman–Crippen LogP) is 8.22. The highest BCUT2D eigenvalue weighted by atomic mass is 16.7. The predicted molar refractivity (Wildman–Crippen MR) is 215 cm³/mol. The third kappa shape index (κ3) is 7.28. The molecule has 1 N–H and O–H groups in total. The van der Waals surface area contributed by atoms with E-state index in [-0.39, 0.29) is 59.3 Å². The van der Waals surface area contributed by atoms with Crippen LogP contribution in [0, 0.1) is 0 Å². The second-order valence-corrected chi connectivity index (χ2v) is 15.1. The summed E-state index contributed by atoms with van der Waals surface area (Å²) in [6, 6.07) is 21.5. The molecule has 2 fully saturated rings. The standard InChI is InChI=1S/C45H49N3O9/c1-4-23-55-45(52)48-32-20-21-36(53-3)42(41(32)43(51)46-22-12-10-18-33(46)44(48)57-39-19-11-13-24-54-39)56-37(29-14-6-5-7-15-29)26-38(50)47-27-28(2)40-31-17-9-8-16-30(31)35(49)25-34(40)47/h4-9,14-17,20-21,25,28,33,37,39,44,49H,1,10-13,18-19,22-24,26-27H2,2-3H3/t28-,33+,37-,39?,44-/m1/s1. The van der Waals surface area contributed by atoms with Crippen LogP contribution in [-0.4, -0.2) is 79.9 Å². The molecule has 4 aliphatic rings. The molecule has 5 atom stereocenters. The molecule has 0 aromatic heterocycles. The van der Waals surface area contributed by atoms with Gasteiger partial charge in [0.05, 0.1) is 30.9 Å². The first-order chi connectivity index (χ1) is 27.8. The molecule has 0 aliphatic carbocycles. The van der Waals surface area contributed by atoms with Gasteiger partial charge in [0, 0.05) is 37.1 Å². The van der Waals surface area contributed by atoms with E-state index in [1.165, 1.54) is 18.1 Å². The molecule has 0 saturated carbocycles. The van der Waals surface area contributed by atoms with Crippen LogP contribution in [0.15, 0.2) is 85.5 Å². The van der Waals surface area contributed by atoms with Crippen molar-refractivity contribution in [3.63, 3.8) is 0 Å². The van der Waals surface area contributed by atoms with Crippen molar-refractivity contribution in [3.8, 4) is 17.2 Å². The maximum atomic E-state index is 15.1. The number of phenols is 1. The molecule has 4 aromatic carbocycles. The Bertz CT molecular complexity index is 2150. The first-order valence-electron chi connectivity index (χ1n) is 19.9. The fourth-order valence-electron chi connectivity index (χ4n) is 8.84. The number of phenolic OH excluding ortho intramolecular Hbond substituents is 1. The summed E-state index contributed by atoms with van der Waals surface area (Å²) in [4.78, 5) is 48.7. The van der Waals surface area contributed by atoms with Crippen molar-refractivity contribution in [2.75, 3.05) is 43.2 Å². The second kappa shape index (κ2) is 16.5. The summed E-state index contributed by atoms with van der Waals surface area (Å²) in [5, 5.41) is 12.7. The molecule has 1 unspecified atom stereocenters. The lowest BCUT2D eigenvalue weighted by Gasteiger charge is -2.42. The summed E-state index contributed by atoms with van der Waals surface area (Å²) in [7, 11) is 1.49. The van der Waals surface area contributed by atoms with Crippen LogP contribution >= 0.6 is 0 Å². The number of hydrogen-bond donors (Lipinski definition) is 1. The summed E-state index contributed by atoms with van der Waals surface area (Å²) in [5.74, 6) is -0.0824. The van der Waals surface area contributed by atoms with Gasteiger partial charge in [0.2, 0.25) is 5.91 Å². The normalized spacial score (nSPS) is 22.2. The second-order valence-electron chi connectivity index (χ2n) is 15.1. The fraction of sp³-hybridized carbons (Fsp3) is 0.400. The van der Waals surface area contributed by atoms with E-state index in [0.29, 0.717) is 43.8 Å². The zero-order valence-electron chi connectivity index (χ0n) is 32.4. The van der Waals surface area contributed by atoms with Gasteiger partial charge in [0.15, 0.2) is 24.0 Å². The number of fused-ring (bicyclic) bond motifs is 5. The largest absolute Gasteiger partial charge is 0.507 e. The molecule has 4 aromatic rings. The molecule has 4 heterocycles. The number of anilines is 2.